The highest BCUT2D eigenvalue weighted by Gasteiger charge is 2.17. The predicted molar refractivity (Wildman–Crippen MR) is 117 cm³/mol. The van der Waals surface area contributed by atoms with Gasteiger partial charge >= 0.3 is 0 Å². The van der Waals surface area contributed by atoms with Gasteiger partial charge in [-0.3, -0.25) is 0 Å². The molecule has 0 amide bonds. The average molecular weight is 350 g/mol. The molecule has 0 aliphatic heterocycles. The zero-order valence-corrected chi connectivity index (χ0v) is 15.3. The summed E-state index contributed by atoms with van der Waals surface area (Å²) in [6.07, 6.45) is 0. The summed E-state index contributed by atoms with van der Waals surface area (Å²) in [7, 11) is 1.97. The van der Waals surface area contributed by atoms with Gasteiger partial charge < -0.3 is 11.1 Å². The SMILES string of the molecule is CNc1ccc(-c2ccc(N)cc2)c(-c2ccccc2)c1-c1ccccc1. The lowest BCUT2D eigenvalue weighted by atomic mass is 9.86. The molecule has 0 aromatic heterocycles. The van der Waals surface area contributed by atoms with E-state index >= 15 is 0 Å². The summed E-state index contributed by atoms with van der Waals surface area (Å²) < 4.78 is 0. The number of nitrogens with two attached hydrogens (primary N) is 1. The molecule has 2 heteroatoms. The molecule has 0 spiro atoms. The van der Waals surface area contributed by atoms with Crippen LogP contribution in [0.25, 0.3) is 33.4 Å². The summed E-state index contributed by atoms with van der Waals surface area (Å²) in [6, 6.07) is 33.5. The molecule has 2 nitrogen and oxygen atoms in total. The van der Waals surface area contributed by atoms with E-state index in [1.807, 2.05) is 19.2 Å². The molecule has 27 heavy (non-hydrogen) atoms. The van der Waals surface area contributed by atoms with Crippen molar-refractivity contribution >= 4 is 11.4 Å². The summed E-state index contributed by atoms with van der Waals surface area (Å²) in [5.74, 6) is 0. The first kappa shape index (κ1) is 16.9. The van der Waals surface area contributed by atoms with E-state index in [0.29, 0.717) is 0 Å². The first-order valence-corrected chi connectivity index (χ1v) is 9.09. The third-order valence-corrected chi connectivity index (χ3v) is 4.82. The van der Waals surface area contributed by atoms with Crippen LogP contribution in [-0.2, 0) is 0 Å². The molecular formula is C25H22N2. The molecule has 0 heterocycles. The molecule has 4 aromatic carbocycles. The standard InChI is InChI=1S/C25H22N2/c1-27-23-17-16-22(18-12-14-21(26)15-13-18)24(19-8-4-2-5-9-19)25(23)20-10-6-3-7-11-20/h2-17,27H,26H2,1H3. The maximum Gasteiger partial charge on any atom is 0.0424 e. The Morgan fingerprint density at radius 1 is 0.556 bits per heavy atom. The number of benzene rings is 4. The Morgan fingerprint density at radius 2 is 1.11 bits per heavy atom. The summed E-state index contributed by atoms with van der Waals surface area (Å²) in [4.78, 5) is 0. The van der Waals surface area contributed by atoms with E-state index in [-0.39, 0.29) is 0 Å². The van der Waals surface area contributed by atoms with Crippen molar-refractivity contribution in [2.45, 2.75) is 0 Å². The number of nitrogens with one attached hydrogen (secondary N) is 1. The van der Waals surface area contributed by atoms with E-state index in [0.717, 1.165) is 16.9 Å². The molecule has 0 unspecified atom stereocenters. The van der Waals surface area contributed by atoms with Crippen molar-refractivity contribution in [1.29, 1.82) is 0 Å². The summed E-state index contributed by atoms with van der Waals surface area (Å²) in [6.45, 7) is 0. The molecule has 0 aliphatic rings. The zero-order chi connectivity index (χ0) is 18.6. The fourth-order valence-corrected chi connectivity index (χ4v) is 3.52. The number of anilines is 2. The van der Waals surface area contributed by atoms with Crippen LogP contribution >= 0.6 is 0 Å². The van der Waals surface area contributed by atoms with Gasteiger partial charge in [0.05, 0.1) is 0 Å². The van der Waals surface area contributed by atoms with Crippen LogP contribution in [0.1, 0.15) is 0 Å². The highest BCUT2D eigenvalue weighted by molar-refractivity contribution is 6.00. The molecule has 0 radical (unpaired) electrons. The Morgan fingerprint density at radius 3 is 1.67 bits per heavy atom. The first-order chi connectivity index (χ1) is 13.3. The minimum atomic E-state index is 0.773. The average Bonchev–Trinajstić information content (AvgIpc) is 2.74. The minimum absolute atomic E-state index is 0.773. The van der Waals surface area contributed by atoms with Crippen LogP contribution in [0.3, 0.4) is 0 Å². The monoisotopic (exact) mass is 350 g/mol. The van der Waals surface area contributed by atoms with Crippen molar-refractivity contribution in [1.82, 2.24) is 0 Å². The largest absolute Gasteiger partial charge is 0.399 e. The molecule has 0 bridgehead atoms. The van der Waals surface area contributed by atoms with Gasteiger partial charge in [0.15, 0.2) is 0 Å². The van der Waals surface area contributed by atoms with Crippen molar-refractivity contribution in [2.75, 3.05) is 18.1 Å². The fraction of sp³-hybridized carbons (Fsp3) is 0.0400. The van der Waals surface area contributed by atoms with E-state index in [1.165, 1.54) is 27.8 Å². The molecule has 0 saturated heterocycles. The fourth-order valence-electron chi connectivity index (χ4n) is 3.52. The lowest BCUT2D eigenvalue weighted by Crippen LogP contribution is -1.97. The number of rotatable bonds is 4. The van der Waals surface area contributed by atoms with E-state index in [4.69, 9.17) is 5.73 Å². The smallest absolute Gasteiger partial charge is 0.0424 e. The molecule has 4 rings (SSSR count). The Balaban J connectivity index is 2.07. The molecule has 0 saturated carbocycles. The quantitative estimate of drug-likeness (QED) is 0.423. The Kier molecular flexibility index (Phi) is 4.63. The van der Waals surface area contributed by atoms with E-state index in [2.05, 4.69) is 90.2 Å². The molecule has 0 aliphatic carbocycles. The lowest BCUT2D eigenvalue weighted by molar-refractivity contribution is 1.48. The second kappa shape index (κ2) is 7.38. The summed E-state index contributed by atoms with van der Waals surface area (Å²) >= 11 is 0. The predicted octanol–water partition coefficient (Wildman–Crippen LogP) is 6.31. The second-order valence-corrected chi connectivity index (χ2v) is 6.51. The van der Waals surface area contributed by atoms with E-state index in [9.17, 15) is 0 Å². The lowest BCUT2D eigenvalue weighted by Gasteiger charge is -2.20. The van der Waals surface area contributed by atoms with Gasteiger partial charge in [0.25, 0.3) is 0 Å². The molecular weight excluding hydrogens is 328 g/mol. The van der Waals surface area contributed by atoms with Gasteiger partial charge in [-0.2, -0.15) is 0 Å². The van der Waals surface area contributed by atoms with Crippen molar-refractivity contribution < 1.29 is 0 Å². The molecule has 3 N–H and O–H groups in total. The van der Waals surface area contributed by atoms with Crippen LogP contribution in [0.2, 0.25) is 0 Å². The van der Waals surface area contributed by atoms with Crippen molar-refractivity contribution in [3.8, 4) is 33.4 Å². The number of hydrogen-bond donors (Lipinski definition) is 2. The van der Waals surface area contributed by atoms with Gasteiger partial charge in [-0.1, -0.05) is 78.9 Å². The maximum absolute atomic E-state index is 5.91. The third kappa shape index (κ3) is 3.30. The van der Waals surface area contributed by atoms with E-state index < -0.39 is 0 Å². The maximum atomic E-state index is 5.91. The van der Waals surface area contributed by atoms with Crippen molar-refractivity contribution in [3.05, 3.63) is 97.1 Å². The molecule has 132 valence electrons. The Labute approximate surface area is 160 Å². The number of nitrogen functional groups attached to an aromatic ring is 1. The second-order valence-electron chi connectivity index (χ2n) is 6.51. The van der Waals surface area contributed by atoms with Crippen LogP contribution in [0.5, 0.6) is 0 Å². The topological polar surface area (TPSA) is 38.0 Å². The Bertz CT molecular complexity index is 1040. The van der Waals surface area contributed by atoms with Crippen molar-refractivity contribution in [3.63, 3.8) is 0 Å². The normalized spacial score (nSPS) is 10.6. The van der Waals surface area contributed by atoms with Gasteiger partial charge in [0.2, 0.25) is 0 Å². The van der Waals surface area contributed by atoms with Crippen LogP contribution in [-0.4, -0.2) is 7.05 Å². The van der Waals surface area contributed by atoms with Crippen molar-refractivity contribution in [2.24, 2.45) is 0 Å². The van der Waals surface area contributed by atoms with Crippen LogP contribution in [0.4, 0.5) is 11.4 Å². The zero-order valence-electron chi connectivity index (χ0n) is 15.3. The summed E-state index contributed by atoms with van der Waals surface area (Å²) in [5.41, 5.74) is 15.0. The van der Waals surface area contributed by atoms with Gasteiger partial charge in [-0.05, 0) is 46.0 Å². The number of hydrogen-bond acceptors (Lipinski definition) is 2. The molecule has 4 aromatic rings. The van der Waals surface area contributed by atoms with Gasteiger partial charge in [-0.25, -0.2) is 0 Å². The molecule has 0 atom stereocenters. The van der Waals surface area contributed by atoms with Gasteiger partial charge in [0.1, 0.15) is 0 Å². The van der Waals surface area contributed by atoms with Gasteiger partial charge in [0, 0.05) is 24.0 Å². The summed E-state index contributed by atoms with van der Waals surface area (Å²) in [5, 5.41) is 3.37. The van der Waals surface area contributed by atoms with Crippen LogP contribution < -0.4 is 11.1 Å². The van der Waals surface area contributed by atoms with E-state index in [1.54, 1.807) is 0 Å². The van der Waals surface area contributed by atoms with Crippen LogP contribution in [0, 0.1) is 0 Å². The van der Waals surface area contributed by atoms with Gasteiger partial charge in [-0.15, -0.1) is 0 Å². The third-order valence-electron chi connectivity index (χ3n) is 4.82. The minimum Gasteiger partial charge on any atom is -0.399 e. The highest BCUT2D eigenvalue weighted by Crippen LogP contribution is 2.44. The highest BCUT2D eigenvalue weighted by atomic mass is 14.8. The molecule has 0 fully saturated rings. The Hall–Kier alpha value is -3.52. The van der Waals surface area contributed by atoms with Crippen LogP contribution in [0.15, 0.2) is 97.1 Å². The first-order valence-electron chi connectivity index (χ1n) is 9.09.